The van der Waals surface area contributed by atoms with Crippen LogP contribution in [0.25, 0.3) is 0 Å². The van der Waals surface area contributed by atoms with Crippen LogP contribution >= 0.6 is 15.9 Å². The fourth-order valence-electron chi connectivity index (χ4n) is 2.64. The van der Waals surface area contributed by atoms with Crippen LogP contribution in [0.3, 0.4) is 0 Å². The molecule has 1 heterocycles. The topological polar surface area (TPSA) is 40.6 Å². The monoisotopic (exact) mass is 366 g/mol. The Morgan fingerprint density at radius 3 is 2.36 bits per heavy atom. The molecule has 0 unspecified atom stereocenters. The predicted octanol–water partition coefficient (Wildman–Crippen LogP) is 3.45. The Morgan fingerprint density at radius 1 is 1.23 bits per heavy atom. The molecule has 5 heteroatoms. The van der Waals surface area contributed by atoms with E-state index in [1.807, 2.05) is 52.0 Å². The number of amides is 2. The molecule has 0 spiro atoms. The number of halogens is 1. The van der Waals surface area contributed by atoms with E-state index < -0.39 is 6.04 Å². The summed E-state index contributed by atoms with van der Waals surface area (Å²) in [6, 6.07) is 7.27. The molecule has 22 heavy (non-hydrogen) atoms. The first-order valence-corrected chi connectivity index (χ1v) is 8.35. The maximum atomic E-state index is 12.6. The zero-order valence-electron chi connectivity index (χ0n) is 13.6. The largest absolute Gasteiger partial charge is 0.329 e. The summed E-state index contributed by atoms with van der Waals surface area (Å²) in [4.78, 5) is 28.5. The molecular formula is C17H23BrN2O2. The first-order chi connectivity index (χ1) is 10.2. The third-order valence-electron chi connectivity index (χ3n) is 3.80. The van der Waals surface area contributed by atoms with Gasteiger partial charge in [-0.1, -0.05) is 36.7 Å². The van der Waals surface area contributed by atoms with Crippen LogP contribution in [0.4, 0.5) is 5.69 Å². The second-order valence-electron chi connectivity index (χ2n) is 6.97. The zero-order chi connectivity index (χ0) is 16.5. The maximum absolute atomic E-state index is 12.6. The molecule has 4 nitrogen and oxygen atoms in total. The molecule has 120 valence electrons. The quantitative estimate of drug-likeness (QED) is 0.803. The number of hydrogen-bond donors (Lipinski definition) is 0. The van der Waals surface area contributed by atoms with Crippen LogP contribution in [0.1, 0.15) is 34.1 Å². The van der Waals surface area contributed by atoms with E-state index in [1.165, 1.54) is 0 Å². The van der Waals surface area contributed by atoms with Crippen LogP contribution in [-0.2, 0) is 9.59 Å². The van der Waals surface area contributed by atoms with E-state index in [0.717, 1.165) is 10.2 Å². The van der Waals surface area contributed by atoms with Crippen LogP contribution < -0.4 is 4.90 Å². The number of rotatable bonds is 2. The van der Waals surface area contributed by atoms with Crippen LogP contribution in [-0.4, -0.2) is 35.8 Å². The first-order valence-electron chi connectivity index (χ1n) is 7.55. The van der Waals surface area contributed by atoms with Crippen molar-refractivity contribution in [2.75, 3.05) is 18.0 Å². The van der Waals surface area contributed by atoms with E-state index in [1.54, 1.807) is 9.80 Å². The summed E-state index contributed by atoms with van der Waals surface area (Å²) < 4.78 is 0.982. The molecule has 1 aromatic carbocycles. The van der Waals surface area contributed by atoms with Gasteiger partial charge in [-0.15, -0.1) is 0 Å². The first kappa shape index (κ1) is 17.0. The van der Waals surface area contributed by atoms with E-state index in [-0.39, 0.29) is 17.2 Å². The van der Waals surface area contributed by atoms with Crippen LogP contribution in [0, 0.1) is 5.41 Å². The summed E-state index contributed by atoms with van der Waals surface area (Å²) in [5.41, 5.74) is 0.811. The Hall–Kier alpha value is -1.36. The van der Waals surface area contributed by atoms with E-state index >= 15 is 0 Å². The number of anilines is 1. The Balaban J connectivity index is 2.11. The smallest absolute Gasteiger partial charge is 0.249 e. The van der Waals surface area contributed by atoms with Crippen molar-refractivity contribution in [1.29, 1.82) is 0 Å². The van der Waals surface area contributed by atoms with Crippen molar-refractivity contribution in [2.45, 2.75) is 40.2 Å². The van der Waals surface area contributed by atoms with Gasteiger partial charge in [0.1, 0.15) is 6.04 Å². The van der Waals surface area contributed by atoms with Gasteiger partial charge in [0.25, 0.3) is 0 Å². The highest BCUT2D eigenvalue weighted by Crippen LogP contribution is 2.25. The normalized spacial score (nSPS) is 19.5. The minimum absolute atomic E-state index is 0.0177. The molecule has 1 saturated heterocycles. The molecule has 2 rings (SSSR count). The molecule has 0 radical (unpaired) electrons. The van der Waals surface area contributed by atoms with Gasteiger partial charge in [-0.25, -0.2) is 0 Å². The molecule has 0 aromatic heterocycles. The molecule has 0 saturated carbocycles. The average molecular weight is 367 g/mol. The minimum atomic E-state index is -0.410. The van der Waals surface area contributed by atoms with Crippen molar-refractivity contribution in [3.8, 4) is 0 Å². The fourth-order valence-corrected chi connectivity index (χ4v) is 2.91. The lowest BCUT2D eigenvalue weighted by Gasteiger charge is -2.40. The van der Waals surface area contributed by atoms with Gasteiger partial charge >= 0.3 is 0 Å². The van der Waals surface area contributed by atoms with Gasteiger partial charge in [-0.2, -0.15) is 0 Å². The van der Waals surface area contributed by atoms with E-state index in [4.69, 9.17) is 0 Å². The molecule has 2 amide bonds. The lowest BCUT2D eigenvalue weighted by Crippen LogP contribution is -2.58. The van der Waals surface area contributed by atoms with Gasteiger partial charge < -0.3 is 9.80 Å². The molecular weight excluding hydrogens is 344 g/mol. The molecule has 1 atom stereocenters. The second kappa shape index (κ2) is 6.41. The van der Waals surface area contributed by atoms with Gasteiger partial charge in [0, 0.05) is 29.7 Å². The van der Waals surface area contributed by atoms with E-state index in [9.17, 15) is 9.59 Å². The highest BCUT2D eigenvalue weighted by Gasteiger charge is 2.35. The van der Waals surface area contributed by atoms with E-state index in [0.29, 0.717) is 19.5 Å². The van der Waals surface area contributed by atoms with Gasteiger partial charge in [0.05, 0.1) is 0 Å². The molecule has 0 N–H and O–H groups in total. The lowest BCUT2D eigenvalue weighted by atomic mass is 9.91. The molecule has 0 aliphatic carbocycles. The molecule has 0 bridgehead atoms. The Bertz CT molecular complexity index is 563. The predicted molar refractivity (Wildman–Crippen MR) is 91.7 cm³/mol. The third kappa shape index (κ3) is 3.88. The van der Waals surface area contributed by atoms with Gasteiger partial charge in [-0.3, -0.25) is 9.59 Å². The van der Waals surface area contributed by atoms with Gasteiger partial charge in [-0.05, 0) is 36.6 Å². The third-order valence-corrected chi connectivity index (χ3v) is 4.32. The number of benzene rings is 1. The van der Waals surface area contributed by atoms with Crippen molar-refractivity contribution in [3.63, 3.8) is 0 Å². The summed E-state index contributed by atoms with van der Waals surface area (Å²) in [5.74, 6) is 0.0413. The number of hydrogen-bond acceptors (Lipinski definition) is 2. The molecule has 1 aromatic rings. The number of nitrogens with zero attached hydrogens (tertiary/aromatic N) is 2. The van der Waals surface area contributed by atoms with Gasteiger partial charge in [0.15, 0.2) is 0 Å². The summed E-state index contributed by atoms with van der Waals surface area (Å²) in [6.45, 7) is 9.05. The van der Waals surface area contributed by atoms with Crippen LogP contribution in [0.2, 0.25) is 0 Å². The Labute approximate surface area is 140 Å². The van der Waals surface area contributed by atoms with E-state index in [2.05, 4.69) is 15.9 Å². The SMILES string of the molecule is C[C@H]1C(=O)N(c2ccc(Br)cc2)CCN1C(=O)CC(C)(C)C. The van der Waals surface area contributed by atoms with Crippen molar-refractivity contribution >= 4 is 33.4 Å². The Morgan fingerprint density at radius 2 is 1.82 bits per heavy atom. The van der Waals surface area contributed by atoms with Crippen LogP contribution in [0.15, 0.2) is 28.7 Å². The summed E-state index contributed by atoms with van der Waals surface area (Å²) in [6.07, 6.45) is 0.461. The molecule has 1 aliphatic rings. The molecule has 1 aliphatic heterocycles. The van der Waals surface area contributed by atoms with Crippen molar-refractivity contribution in [1.82, 2.24) is 4.90 Å². The lowest BCUT2D eigenvalue weighted by molar-refractivity contribution is -0.142. The number of carbonyl (C=O) groups excluding carboxylic acids is 2. The Kier molecular flexibility index (Phi) is 4.95. The minimum Gasteiger partial charge on any atom is -0.329 e. The second-order valence-corrected chi connectivity index (χ2v) is 7.88. The summed E-state index contributed by atoms with van der Waals surface area (Å²) in [7, 11) is 0. The van der Waals surface area contributed by atoms with Gasteiger partial charge in [0.2, 0.25) is 11.8 Å². The van der Waals surface area contributed by atoms with Crippen molar-refractivity contribution in [3.05, 3.63) is 28.7 Å². The highest BCUT2D eigenvalue weighted by molar-refractivity contribution is 9.10. The number of carbonyl (C=O) groups is 2. The van der Waals surface area contributed by atoms with Crippen molar-refractivity contribution in [2.24, 2.45) is 5.41 Å². The maximum Gasteiger partial charge on any atom is 0.249 e. The molecule has 1 fully saturated rings. The average Bonchev–Trinajstić information content (AvgIpc) is 2.41. The van der Waals surface area contributed by atoms with Crippen LogP contribution in [0.5, 0.6) is 0 Å². The zero-order valence-corrected chi connectivity index (χ0v) is 15.2. The van der Waals surface area contributed by atoms with Crippen molar-refractivity contribution < 1.29 is 9.59 Å². The number of piperazine rings is 1. The summed E-state index contributed by atoms with van der Waals surface area (Å²) in [5, 5.41) is 0. The highest BCUT2D eigenvalue weighted by atomic mass is 79.9. The fraction of sp³-hybridized carbons (Fsp3) is 0.529. The standard InChI is InChI=1S/C17H23BrN2O2/c1-12-16(22)20(14-7-5-13(18)6-8-14)10-9-19(12)15(21)11-17(2,3)4/h5-8,12H,9-11H2,1-4H3/t12-/m0/s1. The summed E-state index contributed by atoms with van der Waals surface area (Å²) >= 11 is 3.40.